The van der Waals surface area contributed by atoms with Crippen LogP contribution in [-0.2, 0) is 4.79 Å². The lowest BCUT2D eigenvalue weighted by Gasteiger charge is -2.23. The number of hydrogen-bond acceptors (Lipinski definition) is 2. The molecule has 0 saturated carbocycles. The van der Waals surface area contributed by atoms with E-state index in [0.717, 1.165) is 23.4 Å². The highest BCUT2D eigenvalue weighted by molar-refractivity contribution is 8.00. The summed E-state index contributed by atoms with van der Waals surface area (Å²) >= 11 is 1.06. The molecule has 0 saturated heterocycles. The summed E-state index contributed by atoms with van der Waals surface area (Å²) < 4.78 is 26.4. The smallest absolute Gasteiger partial charge is 0.230 e. The standard InChI is InChI=1S/C18H19F2NOS/c1-12(2)18(13-6-4-3-5-7-13)21-17(22)11-23-16-9-8-14(19)10-15(16)20/h3-10,12,18H,11H2,1-2H3,(H,21,22). The molecule has 1 atom stereocenters. The van der Waals surface area contributed by atoms with Gasteiger partial charge in [-0.1, -0.05) is 44.2 Å². The average molecular weight is 335 g/mol. The lowest BCUT2D eigenvalue weighted by atomic mass is 9.96. The van der Waals surface area contributed by atoms with Gasteiger partial charge in [0.15, 0.2) is 0 Å². The third-order valence-electron chi connectivity index (χ3n) is 3.39. The molecule has 1 amide bonds. The van der Waals surface area contributed by atoms with E-state index in [1.54, 1.807) is 0 Å². The molecule has 1 unspecified atom stereocenters. The molecule has 2 aromatic carbocycles. The van der Waals surface area contributed by atoms with Crippen molar-refractivity contribution in [2.24, 2.45) is 5.92 Å². The first-order valence-electron chi connectivity index (χ1n) is 7.39. The fourth-order valence-electron chi connectivity index (χ4n) is 2.25. The molecule has 2 aromatic rings. The normalized spacial score (nSPS) is 12.2. The van der Waals surface area contributed by atoms with Crippen molar-refractivity contribution in [1.29, 1.82) is 0 Å². The predicted octanol–water partition coefficient (Wildman–Crippen LogP) is 4.57. The van der Waals surface area contributed by atoms with E-state index < -0.39 is 11.6 Å². The average Bonchev–Trinajstić information content (AvgIpc) is 2.52. The topological polar surface area (TPSA) is 29.1 Å². The number of hydrogen-bond donors (Lipinski definition) is 1. The third kappa shape index (κ3) is 5.06. The van der Waals surface area contributed by atoms with Crippen molar-refractivity contribution in [3.63, 3.8) is 0 Å². The molecular weight excluding hydrogens is 316 g/mol. The largest absolute Gasteiger partial charge is 0.348 e. The van der Waals surface area contributed by atoms with Crippen LogP contribution in [0.1, 0.15) is 25.5 Å². The van der Waals surface area contributed by atoms with Gasteiger partial charge in [-0.25, -0.2) is 8.78 Å². The number of benzene rings is 2. The maximum atomic E-state index is 13.6. The lowest BCUT2D eigenvalue weighted by Crippen LogP contribution is -2.32. The number of halogens is 2. The first-order chi connectivity index (χ1) is 11.0. The number of nitrogens with one attached hydrogen (secondary N) is 1. The van der Waals surface area contributed by atoms with Crippen LogP contribution < -0.4 is 5.32 Å². The highest BCUT2D eigenvalue weighted by atomic mass is 32.2. The van der Waals surface area contributed by atoms with E-state index in [0.29, 0.717) is 0 Å². The van der Waals surface area contributed by atoms with Gasteiger partial charge in [0.1, 0.15) is 11.6 Å². The van der Waals surface area contributed by atoms with E-state index in [-0.39, 0.29) is 28.5 Å². The molecular formula is C18H19F2NOS. The fourth-order valence-corrected chi connectivity index (χ4v) is 2.98. The predicted molar refractivity (Wildman–Crippen MR) is 89.2 cm³/mol. The molecule has 0 aliphatic carbocycles. The molecule has 0 aromatic heterocycles. The summed E-state index contributed by atoms with van der Waals surface area (Å²) in [7, 11) is 0. The summed E-state index contributed by atoms with van der Waals surface area (Å²) in [4.78, 5) is 12.4. The van der Waals surface area contributed by atoms with Crippen LogP contribution in [-0.4, -0.2) is 11.7 Å². The highest BCUT2D eigenvalue weighted by Crippen LogP contribution is 2.24. The molecule has 0 spiro atoms. The van der Waals surface area contributed by atoms with Gasteiger partial charge in [0.25, 0.3) is 0 Å². The van der Waals surface area contributed by atoms with Gasteiger partial charge in [0, 0.05) is 11.0 Å². The summed E-state index contributed by atoms with van der Waals surface area (Å²) in [5.41, 5.74) is 1.04. The Balaban J connectivity index is 1.97. The fraction of sp³-hybridized carbons (Fsp3) is 0.278. The van der Waals surface area contributed by atoms with Crippen molar-refractivity contribution in [2.45, 2.75) is 24.8 Å². The Hall–Kier alpha value is -1.88. The van der Waals surface area contributed by atoms with Crippen molar-refractivity contribution >= 4 is 17.7 Å². The second kappa shape index (κ2) is 8.11. The van der Waals surface area contributed by atoms with Gasteiger partial charge in [-0.3, -0.25) is 4.79 Å². The molecule has 2 nitrogen and oxygen atoms in total. The zero-order valence-corrected chi connectivity index (χ0v) is 13.9. The molecule has 2 rings (SSSR count). The van der Waals surface area contributed by atoms with Crippen molar-refractivity contribution in [3.05, 3.63) is 65.7 Å². The Morgan fingerprint density at radius 3 is 2.43 bits per heavy atom. The Labute approximate surface area is 139 Å². The molecule has 0 heterocycles. The summed E-state index contributed by atoms with van der Waals surface area (Å²) in [5.74, 6) is -1.14. The summed E-state index contributed by atoms with van der Waals surface area (Å²) in [6.45, 7) is 4.06. The van der Waals surface area contributed by atoms with E-state index in [1.807, 2.05) is 44.2 Å². The van der Waals surface area contributed by atoms with Crippen molar-refractivity contribution in [3.8, 4) is 0 Å². The number of carbonyl (C=O) groups excluding carboxylic acids is 1. The maximum Gasteiger partial charge on any atom is 0.230 e. The third-order valence-corrected chi connectivity index (χ3v) is 4.44. The summed E-state index contributed by atoms with van der Waals surface area (Å²) in [6, 6.07) is 13.0. The van der Waals surface area contributed by atoms with Crippen LogP contribution >= 0.6 is 11.8 Å². The van der Waals surface area contributed by atoms with Crippen LogP contribution in [0.5, 0.6) is 0 Å². The van der Waals surface area contributed by atoms with Gasteiger partial charge in [-0.2, -0.15) is 0 Å². The van der Waals surface area contributed by atoms with Crippen LogP contribution in [0.15, 0.2) is 53.4 Å². The van der Waals surface area contributed by atoms with E-state index in [4.69, 9.17) is 0 Å². The first kappa shape index (κ1) is 17.5. The minimum absolute atomic E-state index is 0.0820. The van der Waals surface area contributed by atoms with Gasteiger partial charge in [0.2, 0.25) is 5.91 Å². The second-order valence-corrected chi connectivity index (χ2v) is 6.58. The summed E-state index contributed by atoms with van der Waals surface area (Å²) in [6.07, 6.45) is 0. The molecule has 0 fully saturated rings. The van der Waals surface area contributed by atoms with Crippen molar-refractivity contribution in [2.75, 3.05) is 5.75 Å². The van der Waals surface area contributed by atoms with Crippen molar-refractivity contribution in [1.82, 2.24) is 5.32 Å². The minimum atomic E-state index is -0.647. The van der Waals surface area contributed by atoms with Crippen LogP contribution in [0.3, 0.4) is 0 Å². The highest BCUT2D eigenvalue weighted by Gasteiger charge is 2.18. The lowest BCUT2D eigenvalue weighted by molar-refractivity contribution is -0.119. The monoisotopic (exact) mass is 335 g/mol. The quantitative estimate of drug-likeness (QED) is 0.784. The Morgan fingerprint density at radius 2 is 1.83 bits per heavy atom. The molecule has 23 heavy (non-hydrogen) atoms. The molecule has 0 aliphatic heterocycles. The zero-order valence-electron chi connectivity index (χ0n) is 13.1. The van der Waals surface area contributed by atoms with E-state index in [9.17, 15) is 13.6 Å². The Bertz CT molecular complexity index is 661. The summed E-state index contributed by atoms with van der Waals surface area (Å²) in [5, 5.41) is 2.98. The Kier molecular flexibility index (Phi) is 6.16. The molecule has 0 bridgehead atoms. The van der Waals surface area contributed by atoms with E-state index in [2.05, 4.69) is 5.32 Å². The van der Waals surface area contributed by atoms with Crippen LogP contribution in [0.25, 0.3) is 0 Å². The van der Waals surface area contributed by atoms with Gasteiger partial charge >= 0.3 is 0 Å². The van der Waals surface area contributed by atoms with E-state index in [1.165, 1.54) is 12.1 Å². The first-order valence-corrected chi connectivity index (χ1v) is 8.38. The van der Waals surface area contributed by atoms with E-state index >= 15 is 0 Å². The van der Waals surface area contributed by atoms with Crippen LogP contribution in [0, 0.1) is 17.6 Å². The van der Waals surface area contributed by atoms with Crippen molar-refractivity contribution < 1.29 is 13.6 Å². The molecule has 5 heteroatoms. The molecule has 0 radical (unpaired) electrons. The molecule has 0 aliphatic rings. The van der Waals surface area contributed by atoms with Crippen LogP contribution in [0.2, 0.25) is 0 Å². The number of thioether (sulfide) groups is 1. The minimum Gasteiger partial charge on any atom is -0.348 e. The van der Waals surface area contributed by atoms with Gasteiger partial charge < -0.3 is 5.32 Å². The van der Waals surface area contributed by atoms with Gasteiger partial charge in [-0.05, 0) is 23.6 Å². The number of amides is 1. The number of rotatable bonds is 6. The zero-order chi connectivity index (χ0) is 16.8. The molecule has 1 N–H and O–H groups in total. The van der Waals surface area contributed by atoms with Gasteiger partial charge in [-0.15, -0.1) is 11.8 Å². The maximum absolute atomic E-state index is 13.6. The second-order valence-electron chi connectivity index (χ2n) is 5.56. The Morgan fingerprint density at radius 1 is 1.13 bits per heavy atom. The SMILES string of the molecule is CC(C)C(NC(=O)CSc1ccc(F)cc1F)c1ccccc1. The number of carbonyl (C=O) groups is 1. The molecule has 122 valence electrons. The van der Waals surface area contributed by atoms with Crippen LogP contribution in [0.4, 0.5) is 8.78 Å². The van der Waals surface area contributed by atoms with Gasteiger partial charge in [0.05, 0.1) is 11.8 Å².